The SMILES string of the molecule is [Ac].[NH-]C[C@H]1CN(c2ccc(C(=O)Nc3ccccn3)c(F)c2)C(=O)O1. The van der Waals surface area contributed by atoms with Crippen molar-refractivity contribution in [3.63, 3.8) is 0 Å². The third kappa shape index (κ3) is 4.54. The Labute approximate surface area is 179 Å². The largest absolute Gasteiger partial charge is 0.674 e. The molecule has 0 aliphatic carbocycles. The van der Waals surface area contributed by atoms with Crippen LogP contribution in [0.1, 0.15) is 10.4 Å². The van der Waals surface area contributed by atoms with Crippen molar-refractivity contribution >= 4 is 23.5 Å². The van der Waals surface area contributed by atoms with Crippen LogP contribution < -0.4 is 10.2 Å². The molecule has 1 radical (unpaired) electrons. The molecule has 1 saturated heterocycles. The predicted octanol–water partition coefficient (Wildman–Crippen LogP) is 2.85. The molecule has 2 aromatic rings. The summed E-state index contributed by atoms with van der Waals surface area (Å²) in [7, 11) is 0. The predicted molar refractivity (Wildman–Crippen MR) is 85.4 cm³/mol. The summed E-state index contributed by atoms with van der Waals surface area (Å²) >= 11 is 0. The molecular formula is C16H14AcFN4O3-. The maximum atomic E-state index is 14.3. The van der Waals surface area contributed by atoms with E-state index >= 15 is 0 Å². The first-order chi connectivity index (χ1) is 11.6. The maximum absolute atomic E-state index is 14.3. The fraction of sp³-hybridized carbons (Fsp3) is 0.188. The molecule has 0 spiro atoms. The van der Waals surface area contributed by atoms with Crippen molar-refractivity contribution in [3.8, 4) is 0 Å². The monoisotopic (exact) mass is 556 g/mol. The second-order valence-electron chi connectivity index (χ2n) is 5.15. The minimum Gasteiger partial charge on any atom is -0.674 e. The van der Waals surface area contributed by atoms with Gasteiger partial charge in [0.1, 0.15) is 17.7 Å². The molecule has 1 aromatic heterocycles. The van der Waals surface area contributed by atoms with Gasteiger partial charge < -0.3 is 15.8 Å². The number of hydrogen-bond acceptors (Lipinski definition) is 4. The fourth-order valence-electron chi connectivity index (χ4n) is 2.32. The zero-order valence-electron chi connectivity index (χ0n) is 13.1. The number of cyclic esters (lactones) is 1. The van der Waals surface area contributed by atoms with Crippen LogP contribution >= 0.6 is 0 Å². The molecule has 127 valence electrons. The van der Waals surface area contributed by atoms with Gasteiger partial charge in [-0.1, -0.05) is 6.07 Å². The average Bonchev–Trinajstić information content (AvgIpc) is 2.96. The van der Waals surface area contributed by atoms with E-state index in [4.69, 9.17) is 10.5 Å². The van der Waals surface area contributed by atoms with Crippen LogP contribution in [0.15, 0.2) is 42.6 Å². The summed E-state index contributed by atoms with van der Waals surface area (Å²) < 4.78 is 19.2. The zero-order chi connectivity index (χ0) is 17.1. The molecular weight excluding hydrogens is 542 g/mol. The Morgan fingerprint density at radius 1 is 1.40 bits per heavy atom. The maximum Gasteiger partial charge on any atom is 0.414 e. The van der Waals surface area contributed by atoms with Gasteiger partial charge in [-0.2, -0.15) is 0 Å². The van der Waals surface area contributed by atoms with Crippen molar-refractivity contribution in [2.75, 3.05) is 23.3 Å². The Balaban J connectivity index is 0.00000225. The van der Waals surface area contributed by atoms with Gasteiger partial charge in [0.25, 0.3) is 5.91 Å². The molecule has 1 aromatic carbocycles. The molecule has 1 aliphatic heterocycles. The van der Waals surface area contributed by atoms with Crippen molar-refractivity contribution in [1.82, 2.24) is 4.98 Å². The van der Waals surface area contributed by atoms with Crippen LogP contribution in [0.3, 0.4) is 0 Å². The molecule has 1 fully saturated rings. The van der Waals surface area contributed by atoms with Gasteiger partial charge in [-0.05, 0) is 30.3 Å². The van der Waals surface area contributed by atoms with E-state index in [1.807, 2.05) is 0 Å². The molecule has 7 nitrogen and oxygen atoms in total. The van der Waals surface area contributed by atoms with Crippen molar-refractivity contribution in [2.45, 2.75) is 6.10 Å². The number of halogens is 1. The van der Waals surface area contributed by atoms with Gasteiger partial charge in [-0.15, -0.1) is 6.54 Å². The van der Waals surface area contributed by atoms with Gasteiger partial charge in [0, 0.05) is 50.3 Å². The Hall–Kier alpha value is -1.56. The van der Waals surface area contributed by atoms with Gasteiger partial charge in [0.15, 0.2) is 0 Å². The fourth-order valence-corrected chi connectivity index (χ4v) is 2.32. The van der Waals surface area contributed by atoms with E-state index in [0.29, 0.717) is 5.82 Å². The Morgan fingerprint density at radius 2 is 2.20 bits per heavy atom. The Kier molecular flexibility index (Phi) is 6.88. The Bertz CT molecular complexity index is 775. The van der Waals surface area contributed by atoms with Crippen LogP contribution in [0, 0.1) is 49.9 Å². The van der Waals surface area contributed by atoms with Crippen molar-refractivity contribution in [2.24, 2.45) is 0 Å². The third-order valence-corrected chi connectivity index (χ3v) is 3.52. The van der Waals surface area contributed by atoms with Gasteiger partial charge in [-0.3, -0.25) is 9.69 Å². The molecule has 0 saturated carbocycles. The molecule has 25 heavy (non-hydrogen) atoms. The summed E-state index contributed by atoms with van der Waals surface area (Å²) in [6.07, 6.45) is 0.349. The molecule has 1 atom stereocenters. The minimum absolute atomic E-state index is 0. The number of pyridine rings is 1. The first kappa shape index (κ1) is 19.8. The van der Waals surface area contributed by atoms with Crippen molar-refractivity contribution in [1.29, 1.82) is 0 Å². The van der Waals surface area contributed by atoms with Crippen molar-refractivity contribution in [3.05, 3.63) is 59.7 Å². The molecule has 1 aliphatic rings. The standard InChI is InChI=1S/C16H14FN4O3.Ac/c17-13-7-10(21-9-11(8-18)24-16(21)23)4-5-12(13)15(22)20-14-3-1-2-6-19-14;/h1-7,11,18H,8-9H2,(H,19,20,22);/q-1;/t11-;/m0./s1. The number of rotatable bonds is 4. The summed E-state index contributed by atoms with van der Waals surface area (Å²) in [6.45, 7) is 0.122. The van der Waals surface area contributed by atoms with E-state index in [9.17, 15) is 14.0 Å². The van der Waals surface area contributed by atoms with E-state index in [-0.39, 0.29) is 68.4 Å². The van der Waals surface area contributed by atoms with E-state index in [0.717, 1.165) is 6.07 Å². The number of carbonyl (C=O) groups is 2. The minimum atomic E-state index is -0.761. The molecule has 3 rings (SSSR count). The number of nitrogens with one attached hydrogen (secondary N) is 2. The number of carbonyl (C=O) groups excluding carboxylic acids is 2. The van der Waals surface area contributed by atoms with Crippen LogP contribution in [-0.2, 0) is 4.74 Å². The average molecular weight is 556 g/mol. The number of nitrogens with zero attached hydrogens (tertiary/aromatic N) is 2. The van der Waals surface area contributed by atoms with Gasteiger partial charge >= 0.3 is 6.09 Å². The molecule has 0 bridgehead atoms. The summed E-state index contributed by atoms with van der Waals surface area (Å²) in [5, 5.41) is 2.49. The van der Waals surface area contributed by atoms with Crippen molar-refractivity contribution < 1.29 is 62.8 Å². The molecule has 9 heteroatoms. The number of benzene rings is 1. The number of amides is 2. The van der Waals surface area contributed by atoms with Crippen LogP contribution in [0.25, 0.3) is 5.73 Å². The van der Waals surface area contributed by atoms with Crippen LogP contribution in [0.5, 0.6) is 0 Å². The third-order valence-electron chi connectivity index (χ3n) is 3.52. The van der Waals surface area contributed by atoms with Crippen LogP contribution in [-0.4, -0.2) is 36.2 Å². The molecule has 2 N–H and O–H groups in total. The normalized spacial score (nSPS) is 16.2. The van der Waals surface area contributed by atoms with E-state index < -0.39 is 23.9 Å². The first-order valence-corrected chi connectivity index (χ1v) is 7.23. The van der Waals surface area contributed by atoms with Gasteiger partial charge in [-0.25, -0.2) is 14.2 Å². The molecule has 2 amide bonds. The molecule has 2 heterocycles. The van der Waals surface area contributed by atoms with Crippen LogP contribution in [0.4, 0.5) is 20.7 Å². The summed E-state index contributed by atoms with van der Waals surface area (Å²) in [6, 6.07) is 8.84. The van der Waals surface area contributed by atoms with Crippen LogP contribution in [0.2, 0.25) is 0 Å². The topological polar surface area (TPSA) is 95.3 Å². The van der Waals surface area contributed by atoms with E-state index in [2.05, 4.69) is 10.3 Å². The quantitative estimate of drug-likeness (QED) is 0.627. The summed E-state index contributed by atoms with van der Waals surface area (Å²) in [4.78, 5) is 29.0. The van der Waals surface area contributed by atoms with E-state index in [1.54, 1.807) is 18.2 Å². The summed E-state index contributed by atoms with van der Waals surface area (Å²) in [5.74, 6) is -1.08. The number of ether oxygens (including phenoxy) is 1. The molecule has 0 unspecified atom stereocenters. The van der Waals surface area contributed by atoms with Gasteiger partial charge in [0.2, 0.25) is 0 Å². The van der Waals surface area contributed by atoms with Gasteiger partial charge in [0.05, 0.1) is 17.8 Å². The number of hydrogen-bond donors (Lipinski definition) is 1. The second-order valence-corrected chi connectivity index (χ2v) is 5.15. The summed E-state index contributed by atoms with van der Waals surface area (Å²) in [5.41, 5.74) is 7.37. The zero-order valence-corrected chi connectivity index (χ0v) is 17.9. The first-order valence-electron chi connectivity index (χ1n) is 7.23. The smallest absolute Gasteiger partial charge is 0.414 e. The van der Waals surface area contributed by atoms with E-state index in [1.165, 1.54) is 23.2 Å². The second kappa shape index (κ2) is 8.70. The Morgan fingerprint density at radius 3 is 2.80 bits per heavy atom. The number of aromatic nitrogens is 1. The number of anilines is 2.